The predicted octanol–water partition coefficient (Wildman–Crippen LogP) is 3.99. The molecule has 5 heteroatoms. The highest BCUT2D eigenvalue weighted by molar-refractivity contribution is 5.28. The van der Waals surface area contributed by atoms with Gasteiger partial charge in [-0.05, 0) is 25.5 Å². The van der Waals surface area contributed by atoms with Crippen LogP contribution in [0.25, 0.3) is 0 Å². The van der Waals surface area contributed by atoms with Crippen LogP contribution in [-0.2, 0) is 5.54 Å². The van der Waals surface area contributed by atoms with Crippen LogP contribution in [0.1, 0.15) is 32.3 Å². The van der Waals surface area contributed by atoms with E-state index in [1.165, 1.54) is 25.1 Å². The van der Waals surface area contributed by atoms with Gasteiger partial charge in [-0.25, -0.2) is 4.39 Å². The van der Waals surface area contributed by atoms with Crippen molar-refractivity contribution < 1.29 is 17.6 Å². The maximum absolute atomic E-state index is 13.7. The lowest BCUT2D eigenvalue weighted by Crippen LogP contribution is -2.54. The molecule has 1 N–H and O–H groups in total. The molecule has 1 rings (SSSR count). The van der Waals surface area contributed by atoms with Gasteiger partial charge in [0.1, 0.15) is 11.4 Å². The summed E-state index contributed by atoms with van der Waals surface area (Å²) >= 11 is 0. The Morgan fingerprint density at radius 1 is 1.11 bits per heavy atom. The molecule has 1 atom stereocenters. The van der Waals surface area contributed by atoms with E-state index in [2.05, 4.69) is 5.32 Å². The Hall–Kier alpha value is -1.10. The first kappa shape index (κ1) is 15.0. The number of benzene rings is 1. The zero-order valence-corrected chi connectivity index (χ0v) is 10.4. The monoisotopic (exact) mass is 263 g/mol. The highest BCUT2D eigenvalue weighted by Crippen LogP contribution is 2.42. The van der Waals surface area contributed by atoms with Crippen LogP contribution in [-0.4, -0.2) is 12.7 Å². The molecule has 0 aliphatic carbocycles. The van der Waals surface area contributed by atoms with Gasteiger partial charge >= 0.3 is 6.18 Å². The number of rotatable bonds is 5. The van der Waals surface area contributed by atoms with Gasteiger partial charge in [-0.2, -0.15) is 13.2 Å². The number of nitrogens with one attached hydrogen (secondary N) is 1. The molecule has 0 radical (unpaired) electrons. The zero-order chi connectivity index (χ0) is 13.8. The van der Waals surface area contributed by atoms with Crippen LogP contribution in [0, 0.1) is 5.82 Å². The Morgan fingerprint density at radius 3 is 2.17 bits per heavy atom. The standard InChI is InChI=1S/C13H17F4N/c1-3-9-18-12(4-2,13(15,16)17)10-7-5-6-8-11(10)14/h5-8,18H,3-4,9H2,1-2H3. The summed E-state index contributed by atoms with van der Waals surface area (Å²) in [5, 5.41) is 2.46. The predicted molar refractivity (Wildman–Crippen MR) is 62.7 cm³/mol. The molecule has 0 aliphatic heterocycles. The van der Waals surface area contributed by atoms with E-state index in [-0.39, 0.29) is 18.5 Å². The summed E-state index contributed by atoms with van der Waals surface area (Å²) in [5.41, 5.74) is -2.65. The van der Waals surface area contributed by atoms with Gasteiger partial charge < -0.3 is 0 Å². The molecule has 0 fully saturated rings. The van der Waals surface area contributed by atoms with E-state index in [4.69, 9.17) is 0 Å². The van der Waals surface area contributed by atoms with E-state index in [1.807, 2.05) is 0 Å². The first-order valence-corrected chi connectivity index (χ1v) is 5.95. The van der Waals surface area contributed by atoms with Gasteiger partial charge in [0.25, 0.3) is 0 Å². The van der Waals surface area contributed by atoms with Crippen molar-refractivity contribution in [3.63, 3.8) is 0 Å². The van der Waals surface area contributed by atoms with Crippen molar-refractivity contribution in [2.75, 3.05) is 6.54 Å². The Balaban J connectivity index is 3.31. The molecular weight excluding hydrogens is 246 g/mol. The highest BCUT2D eigenvalue weighted by Gasteiger charge is 2.55. The molecule has 1 aromatic carbocycles. The third-order valence-corrected chi connectivity index (χ3v) is 3.02. The van der Waals surface area contributed by atoms with E-state index in [9.17, 15) is 17.6 Å². The van der Waals surface area contributed by atoms with Crippen molar-refractivity contribution in [1.82, 2.24) is 5.32 Å². The molecule has 0 spiro atoms. The van der Waals surface area contributed by atoms with Crippen molar-refractivity contribution in [2.45, 2.75) is 38.4 Å². The fourth-order valence-electron chi connectivity index (χ4n) is 2.01. The topological polar surface area (TPSA) is 12.0 Å². The van der Waals surface area contributed by atoms with E-state index in [0.717, 1.165) is 6.07 Å². The van der Waals surface area contributed by atoms with Crippen molar-refractivity contribution >= 4 is 0 Å². The minimum absolute atomic E-state index is 0.182. The average molecular weight is 263 g/mol. The smallest absolute Gasteiger partial charge is 0.300 e. The van der Waals surface area contributed by atoms with Crippen molar-refractivity contribution in [2.24, 2.45) is 0 Å². The molecule has 1 aromatic rings. The van der Waals surface area contributed by atoms with Gasteiger partial charge in [-0.1, -0.05) is 32.0 Å². The normalized spacial score (nSPS) is 15.4. The summed E-state index contributed by atoms with van der Waals surface area (Å²) in [6.07, 6.45) is -4.25. The fraction of sp³-hybridized carbons (Fsp3) is 0.538. The SMILES string of the molecule is CCCNC(CC)(c1ccccc1F)C(F)(F)F. The van der Waals surface area contributed by atoms with Crippen LogP contribution in [0.5, 0.6) is 0 Å². The van der Waals surface area contributed by atoms with Crippen LogP contribution < -0.4 is 5.32 Å². The second-order valence-electron chi connectivity index (χ2n) is 4.16. The zero-order valence-electron chi connectivity index (χ0n) is 10.4. The van der Waals surface area contributed by atoms with Crippen LogP contribution in [0.2, 0.25) is 0 Å². The lowest BCUT2D eigenvalue weighted by molar-refractivity contribution is -0.203. The summed E-state index contributed by atoms with van der Waals surface area (Å²) < 4.78 is 53.7. The summed E-state index contributed by atoms with van der Waals surface area (Å²) in [5.74, 6) is -0.833. The second-order valence-corrected chi connectivity index (χ2v) is 4.16. The van der Waals surface area contributed by atoms with E-state index >= 15 is 0 Å². The third-order valence-electron chi connectivity index (χ3n) is 3.02. The molecule has 0 aromatic heterocycles. The molecular formula is C13H17F4N. The van der Waals surface area contributed by atoms with Gasteiger partial charge in [0.2, 0.25) is 0 Å². The summed E-state index contributed by atoms with van der Waals surface area (Å²) in [6, 6.07) is 5.05. The average Bonchev–Trinajstić information content (AvgIpc) is 2.31. The molecule has 0 saturated heterocycles. The largest absolute Gasteiger partial charge is 0.410 e. The lowest BCUT2D eigenvalue weighted by atomic mass is 9.85. The lowest BCUT2D eigenvalue weighted by Gasteiger charge is -2.36. The Labute approximate surface area is 104 Å². The van der Waals surface area contributed by atoms with E-state index in [1.54, 1.807) is 6.92 Å². The van der Waals surface area contributed by atoms with Gasteiger partial charge in [-0.15, -0.1) is 0 Å². The minimum atomic E-state index is -4.54. The number of alkyl halides is 3. The van der Waals surface area contributed by atoms with Gasteiger partial charge in [0, 0.05) is 5.56 Å². The second kappa shape index (κ2) is 5.69. The number of halogens is 4. The molecule has 0 amide bonds. The Bertz CT molecular complexity index is 389. The molecule has 1 unspecified atom stereocenters. The Morgan fingerprint density at radius 2 is 1.72 bits per heavy atom. The molecule has 18 heavy (non-hydrogen) atoms. The van der Waals surface area contributed by atoms with Gasteiger partial charge in [0.15, 0.2) is 0 Å². The first-order valence-electron chi connectivity index (χ1n) is 5.95. The molecule has 0 heterocycles. The quantitative estimate of drug-likeness (QED) is 0.792. The van der Waals surface area contributed by atoms with Crippen molar-refractivity contribution in [3.05, 3.63) is 35.6 Å². The van der Waals surface area contributed by atoms with Crippen molar-refractivity contribution in [3.8, 4) is 0 Å². The maximum atomic E-state index is 13.7. The van der Waals surface area contributed by atoms with Crippen LogP contribution in [0.15, 0.2) is 24.3 Å². The van der Waals surface area contributed by atoms with Crippen LogP contribution >= 0.6 is 0 Å². The third kappa shape index (κ3) is 2.66. The fourth-order valence-corrected chi connectivity index (χ4v) is 2.01. The molecule has 0 saturated carbocycles. The Kier molecular flexibility index (Phi) is 4.73. The summed E-state index contributed by atoms with van der Waals surface area (Å²) in [6.45, 7) is 3.36. The molecule has 102 valence electrons. The van der Waals surface area contributed by atoms with Gasteiger partial charge in [0.05, 0.1) is 0 Å². The van der Waals surface area contributed by atoms with Crippen LogP contribution in [0.4, 0.5) is 17.6 Å². The summed E-state index contributed by atoms with van der Waals surface area (Å²) in [4.78, 5) is 0. The molecule has 0 aliphatic rings. The van der Waals surface area contributed by atoms with Gasteiger partial charge in [-0.3, -0.25) is 5.32 Å². The maximum Gasteiger partial charge on any atom is 0.410 e. The van der Waals surface area contributed by atoms with Crippen LogP contribution in [0.3, 0.4) is 0 Å². The van der Waals surface area contributed by atoms with Crippen molar-refractivity contribution in [1.29, 1.82) is 0 Å². The first-order chi connectivity index (χ1) is 8.39. The highest BCUT2D eigenvalue weighted by atomic mass is 19.4. The molecule has 1 nitrogen and oxygen atoms in total. The van der Waals surface area contributed by atoms with E-state index in [0.29, 0.717) is 6.42 Å². The number of hydrogen-bond acceptors (Lipinski definition) is 1. The number of hydrogen-bond donors (Lipinski definition) is 1. The molecule has 0 bridgehead atoms. The van der Waals surface area contributed by atoms with E-state index < -0.39 is 17.5 Å². The summed E-state index contributed by atoms with van der Waals surface area (Å²) in [7, 11) is 0. The minimum Gasteiger partial charge on any atom is -0.300 e.